The zero-order chi connectivity index (χ0) is 32.8. The largest absolute Gasteiger partial charge is 0.453 e. The first-order valence-corrected chi connectivity index (χ1v) is 16.6. The zero-order valence-corrected chi connectivity index (χ0v) is 26.7. The lowest BCUT2D eigenvalue weighted by Crippen LogP contribution is -2.31. The van der Waals surface area contributed by atoms with Crippen LogP contribution in [0.3, 0.4) is 0 Å². The van der Waals surface area contributed by atoms with Crippen LogP contribution in [0, 0.1) is 5.82 Å². The van der Waals surface area contributed by atoms with Gasteiger partial charge in [-0.05, 0) is 48.0 Å². The first kappa shape index (κ1) is 32.5. The molecule has 2 N–H and O–H groups in total. The molecule has 238 valence electrons. The van der Waals surface area contributed by atoms with Crippen molar-refractivity contribution in [2.45, 2.75) is 18.4 Å². The molecule has 0 aliphatic carbocycles. The first-order chi connectivity index (χ1) is 22.0. The summed E-state index contributed by atoms with van der Waals surface area (Å²) < 4.78 is 50.4. The second-order valence-corrected chi connectivity index (χ2v) is 13.3. The first-order valence-electron chi connectivity index (χ1n) is 13.9. The second kappa shape index (κ2) is 14.0. The Bertz CT molecular complexity index is 2000. The van der Waals surface area contributed by atoms with Crippen LogP contribution >= 0.6 is 11.3 Å². The summed E-state index contributed by atoms with van der Waals surface area (Å²) in [5.41, 5.74) is 2.68. The number of pyridine rings is 2. The molecule has 0 fully saturated rings. The van der Waals surface area contributed by atoms with E-state index in [2.05, 4.69) is 20.6 Å². The number of benzene rings is 2. The van der Waals surface area contributed by atoms with Crippen LogP contribution in [-0.4, -0.2) is 61.7 Å². The van der Waals surface area contributed by atoms with Crippen molar-refractivity contribution in [3.05, 3.63) is 90.5 Å². The number of ether oxygens (including phenoxy) is 2. The van der Waals surface area contributed by atoms with Gasteiger partial charge in [0.1, 0.15) is 5.75 Å². The van der Waals surface area contributed by atoms with E-state index in [0.717, 1.165) is 22.8 Å². The third kappa shape index (κ3) is 8.02. The van der Waals surface area contributed by atoms with E-state index >= 15 is 4.39 Å². The Morgan fingerprint density at radius 3 is 2.43 bits per heavy atom. The summed E-state index contributed by atoms with van der Waals surface area (Å²) in [6, 6.07) is 16.4. The highest BCUT2D eigenvalue weighted by Crippen LogP contribution is 2.39. The van der Waals surface area contributed by atoms with Crippen molar-refractivity contribution < 1.29 is 31.9 Å². The van der Waals surface area contributed by atoms with Gasteiger partial charge in [0.15, 0.2) is 21.4 Å². The average Bonchev–Trinajstić information content (AvgIpc) is 3.46. The number of halogens is 1. The number of methoxy groups -OCH3 is 1. The van der Waals surface area contributed by atoms with Crippen LogP contribution in [0.15, 0.2) is 84.0 Å². The van der Waals surface area contributed by atoms with Gasteiger partial charge >= 0.3 is 6.03 Å². The van der Waals surface area contributed by atoms with Gasteiger partial charge in [-0.15, -0.1) is 11.3 Å². The molecule has 0 saturated heterocycles. The minimum atomic E-state index is -3.45. The van der Waals surface area contributed by atoms with E-state index in [9.17, 15) is 18.0 Å². The Kier molecular flexibility index (Phi) is 9.90. The summed E-state index contributed by atoms with van der Waals surface area (Å²) in [6.45, 7) is 2.86. The summed E-state index contributed by atoms with van der Waals surface area (Å²) in [6.07, 6.45) is 4.37. The lowest BCUT2D eigenvalue weighted by molar-refractivity contribution is -0.130. The van der Waals surface area contributed by atoms with Gasteiger partial charge in [0, 0.05) is 69.3 Å². The molecule has 2 aromatic carbocycles. The predicted molar refractivity (Wildman–Crippen MR) is 174 cm³/mol. The molecule has 11 nitrogen and oxygen atoms in total. The van der Waals surface area contributed by atoms with Gasteiger partial charge in [-0.2, -0.15) is 0 Å². The lowest BCUT2D eigenvalue weighted by Gasteiger charge is -2.20. The number of fused-ring (bicyclic) bond motifs is 1. The number of carbonyl (C=O) groups excluding carboxylic acids is 2. The molecular weight excluding hydrogens is 634 g/mol. The van der Waals surface area contributed by atoms with Crippen LogP contribution in [0.25, 0.3) is 20.8 Å². The van der Waals surface area contributed by atoms with Crippen molar-refractivity contribution >= 4 is 54.7 Å². The Morgan fingerprint density at radius 1 is 0.978 bits per heavy atom. The summed E-state index contributed by atoms with van der Waals surface area (Å²) in [5, 5.41) is 5.06. The minimum Gasteiger partial charge on any atom is -0.453 e. The smallest absolute Gasteiger partial charge is 0.323 e. The molecule has 3 heterocycles. The van der Waals surface area contributed by atoms with Crippen LogP contribution in [0.5, 0.6) is 11.5 Å². The minimum absolute atomic E-state index is 0.0493. The van der Waals surface area contributed by atoms with E-state index in [-0.39, 0.29) is 27.9 Å². The fraction of sp³-hybridized carbons (Fsp3) is 0.188. The molecule has 46 heavy (non-hydrogen) atoms. The SMILES string of the molecule is COCCN(Cc1ccc(-c2cc3nccc(Oc4ccc(NC(=O)Nc5cccc(S(C)(=O)=O)c5)cc4F)c3s2)nc1)C(C)=O. The third-order valence-electron chi connectivity index (χ3n) is 6.77. The molecule has 14 heteroatoms. The van der Waals surface area contributed by atoms with E-state index < -0.39 is 21.7 Å². The number of nitrogens with zero attached hydrogens (tertiary/aromatic N) is 3. The topological polar surface area (TPSA) is 140 Å². The molecule has 0 atom stereocenters. The molecular formula is C32H30FN5O6S2. The molecule has 5 rings (SSSR count). The maximum absolute atomic E-state index is 15.1. The Balaban J connectivity index is 1.27. The Labute approximate surface area is 268 Å². The molecule has 0 saturated carbocycles. The van der Waals surface area contributed by atoms with Gasteiger partial charge in [0.2, 0.25) is 5.91 Å². The Hall–Kier alpha value is -4.92. The Morgan fingerprint density at radius 2 is 1.76 bits per heavy atom. The fourth-order valence-corrected chi connectivity index (χ4v) is 6.14. The standard InChI is InChI=1S/C32H30FN5O6S2/c1-20(39)38(13-14-43-2)19-21-7-9-26(35-18-21)30-17-27-31(45-30)29(11-12-34-27)44-28-10-8-23(16-25(28)33)37-32(40)36-22-5-4-6-24(15-22)46(3,41)42/h4-12,15-18H,13-14,19H2,1-3H3,(H2,36,37,40). The van der Waals surface area contributed by atoms with Crippen molar-refractivity contribution in [3.63, 3.8) is 0 Å². The number of hydrogen-bond donors (Lipinski definition) is 2. The van der Waals surface area contributed by atoms with E-state index in [0.29, 0.717) is 41.4 Å². The molecule has 3 amide bonds. The van der Waals surface area contributed by atoms with Crippen LogP contribution in [-0.2, 0) is 25.9 Å². The lowest BCUT2D eigenvalue weighted by atomic mass is 10.2. The van der Waals surface area contributed by atoms with Crippen molar-refractivity contribution in [3.8, 4) is 22.1 Å². The van der Waals surface area contributed by atoms with Crippen molar-refractivity contribution in [1.29, 1.82) is 0 Å². The quantitative estimate of drug-likeness (QED) is 0.167. The van der Waals surface area contributed by atoms with Crippen LogP contribution in [0.2, 0.25) is 0 Å². The summed E-state index contributed by atoms with van der Waals surface area (Å²) >= 11 is 1.40. The summed E-state index contributed by atoms with van der Waals surface area (Å²) in [4.78, 5) is 36.0. The summed E-state index contributed by atoms with van der Waals surface area (Å²) in [5.74, 6) is -0.413. The normalized spacial score (nSPS) is 11.3. The van der Waals surface area contributed by atoms with E-state index in [4.69, 9.17) is 9.47 Å². The third-order valence-corrected chi connectivity index (χ3v) is 9.04. The number of anilines is 2. The predicted octanol–water partition coefficient (Wildman–Crippen LogP) is 6.33. The number of hydrogen-bond acceptors (Lipinski definition) is 9. The monoisotopic (exact) mass is 663 g/mol. The van der Waals surface area contributed by atoms with Crippen molar-refractivity contribution in [1.82, 2.24) is 14.9 Å². The number of aromatic nitrogens is 2. The van der Waals surface area contributed by atoms with E-state index in [1.54, 1.807) is 30.5 Å². The van der Waals surface area contributed by atoms with E-state index in [1.165, 1.54) is 54.7 Å². The fourth-order valence-electron chi connectivity index (χ4n) is 4.43. The highest BCUT2D eigenvalue weighted by Gasteiger charge is 2.16. The number of urea groups is 1. The molecule has 0 aliphatic heterocycles. The molecule has 5 aromatic rings. The highest BCUT2D eigenvalue weighted by atomic mass is 32.2. The van der Waals surface area contributed by atoms with Gasteiger partial charge < -0.3 is 25.0 Å². The number of carbonyl (C=O) groups is 2. The number of amides is 3. The maximum atomic E-state index is 15.1. The number of rotatable bonds is 11. The van der Waals surface area contributed by atoms with Gasteiger partial charge in [-0.1, -0.05) is 12.1 Å². The van der Waals surface area contributed by atoms with E-state index in [1.807, 2.05) is 18.2 Å². The van der Waals surface area contributed by atoms with Gasteiger partial charge in [-0.3, -0.25) is 14.8 Å². The van der Waals surface area contributed by atoms with Crippen LogP contribution in [0.1, 0.15) is 12.5 Å². The van der Waals surface area contributed by atoms with Gasteiger partial charge in [0.05, 0.1) is 32.3 Å². The van der Waals surface area contributed by atoms with Gasteiger partial charge in [-0.25, -0.2) is 17.6 Å². The van der Waals surface area contributed by atoms with Crippen LogP contribution < -0.4 is 15.4 Å². The summed E-state index contributed by atoms with van der Waals surface area (Å²) in [7, 11) is -1.86. The molecule has 0 unspecified atom stereocenters. The van der Waals surface area contributed by atoms with Crippen molar-refractivity contribution in [2.24, 2.45) is 0 Å². The highest BCUT2D eigenvalue weighted by molar-refractivity contribution is 7.90. The average molecular weight is 664 g/mol. The number of nitrogens with one attached hydrogen (secondary N) is 2. The molecule has 3 aromatic heterocycles. The van der Waals surface area contributed by atoms with Crippen molar-refractivity contribution in [2.75, 3.05) is 37.2 Å². The second-order valence-electron chi connectivity index (χ2n) is 10.2. The maximum Gasteiger partial charge on any atom is 0.323 e. The molecule has 0 spiro atoms. The molecule has 0 bridgehead atoms. The number of thiophene rings is 1. The number of sulfone groups is 1. The van der Waals surface area contributed by atoms with Crippen LogP contribution in [0.4, 0.5) is 20.6 Å². The molecule has 0 radical (unpaired) electrons. The van der Waals surface area contributed by atoms with Gasteiger partial charge in [0.25, 0.3) is 0 Å². The molecule has 0 aliphatic rings. The zero-order valence-electron chi connectivity index (χ0n) is 25.1.